The number of hydrogen-bond acceptors (Lipinski definition) is 4. The van der Waals surface area contributed by atoms with Crippen molar-refractivity contribution in [1.29, 1.82) is 0 Å². The summed E-state index contributed by atoms with van der Waals surface area (Å²) in [4.78, 5) is 28.3. The molecule has 0 aliphatic carbocycles. The molecule has 1 saturated heterocycles. The van der Waals surface area contributed by atoms with Crippen LogP contribution in [-0.2, 0) is 20.9 Å². The molecule has 0 spiro atoms. The number of benzene rings is 1. The van der Waals surface area contributed by atoms with Gasteiger partial charge in [0, 0.05) is 39.8 Å². The number of carbonyl (C=O) groups is 2. The van der Waals surface area contributed by atoms with Crippen LogP contribution in [0.2, 0.25) is 0 Å². The van der Waals surface area contributed by atoms with E-state index in [9.17, 15) is 14.0 Å². The van der Waals surface area contributed by atoms with E-state index in [1.807, 2.05) is 0 Å². The summed E-state index contributed by atoms with van der Waals surface area (Å²) in [6.45, 7) is 3.57. The predicted octanol–water partition coefficient (Wildman–Crippen LogP) is 1.65. The lowest BCUT2D eigenvalue weighted by atomic mass is 9.96. The standard InChI is InChI=1S/C20H30FN3O3/c1-23(14-16-4-6-18(21)7-5-16)19(25)15-24-11-8-17(9-12-24)20(26)22-10-3-13-27-2/h4-7,17H,3,8-15H2,1-2H3,(H,22,26). The van der Waals surface area contributed by atoms with Crippen LogP contribution in [0.25, 0.3) is 0 Å². The SMILES string of the molecule is COCCCNC(=O)C1CCN(CC(=O)N(C)Cc2ccc(F)cc2)CC1. The molecule has 150 valence electrons. The molecule has 0 radical (unpaired) electrons. The molecule has 0 aromatic heterocycles. The van der Waals surface area contributed by atoms with Crippen LogP contribution in [0.1, 0.15) is 24.8 Å². The van der Waals surface area contributed by atoms with Gasteiger partial charge in [-0.2, -0.15) is 0 Å². The minimum atomic E-state index is -0.279. The molecule has 0 unspecified atom stereocenters. The first-order chi connectivity index (χ1) is 13.0. The molecule has 1 heterocycles. The summed E-state index contributed by atoms with van der Waals surface area (Å²) >= 11 is 0. The Morgan fingerprint density at radius 2 is 1.93 bits per heavy atom. The van der Waals surface area contributed by atoms with E-state index in [1.165, 1.54) is 12.1 Å². The van der Waals surface area contributed by atoms with Gasteiger partial charge in [-0.1, -0.05) is 12.1 Å². The Hall–Kier alpha value is -1.99. The van der Waals surface area contributed by atoms with Crippen LogP contribution in [0.5, 0.6) is 0 Å². The molecule has 2 rings (SSSR count). The highest BCUT2D eigenvalue weighted by Gasteiger charge is 2.26. The van der Waals surface area contributed by atoms with Crippen LogP contribution in [0, 0.1) is 11.7 Å². The number of likely N-dealkylation sites (tertiary alicyclic amines) is 1. The van der Waals surface area contributed by atoms with Gasteiger partial charge in [-0.3, -0.25) is 14.5 Å². The number of nitrogens with one attached hydrogen (secondary N) is 1. The Morgan fingerprint density at radius 1 is 1.26 bits per heavy atom. The van der Waals surface area contributed by atoms with Crippen LogP contribution in [0.3, 0.4) is 0 Å². The van der Waals surface area contributed by atoms with E-state index in [-0.39, 0.29) is 23.5 Å². The number of nitrogens with zero attached hydrogens (tertiary/aromatic N) is 2. The summed E-state index contributed by atoms with van der Waals surface area (Å²) in [7, 11) is 3.40. The fourth-order valence-corrected chi connectivity index (χ4v) is 3.19. The Labute approximate surface area is 160 Å². The minimum absolute atomic E-state index is 0.0239. The van der Waals surface area contributed by atoms with Crippen LogP contribution in [-0.4, -0.2) is 68.6 Å². The quantitative estimate of drug-likeness (QED) is 0.663. The molecule has 0 saturated carbocycles. The first-order valence-corrected chi connectivity index (χ1v) is 9.47. The van der Waals surface area contributed by atoms with Crippen molar-refractivity contribution in [1.82, 2.24) is 15.1 Å². The molecular formula is C20H30FN3O3. The first-order valence-electron chi connectivity index (χ1n) is 9.47. The van der Waals surface area contributed by atoms with Gasteiger partial charge in [0.05, 0.1) is 6.54 Å². The Morgan fingerprint density at radius 3 is 2.56 bits per heavy atom. The second-order valence-corrected chi connectivity index (χ2v) is 7.06. The maximum atomic E-state index is 13.0. The van der Waals surface area contributed by atoms with Gasteiger partial charge in [0.2, 0.25) is 11.8 Å². The number of rotatable bonds is 9. The Balaban J connectivity index is 1.69. The van der Waals surface area contributed by atoms with Gasteiger partial charge in [0.25, 0.3) is 0 Å². The van der Waals surface area contributed by atoms with Crippen molar-refractivity contribution in [3.8, 4) is 0 Å². The van der Waals surface area contributed by atoms with E-state index in [0.717, 1.165) is 37.9 Å². The van der Waals surface area contributed by atoms with Crippen molar-refractivity contribution >= 4 is 11.8 Å². The first kappa shape index (κ1) is 21.3. The molecule has 27 heavy (non-hydrogen) atoms. The number of methoxy groups -OCH3 is 1. The summed E-state index contributed by atoms with van der Waals surface area (Å²) < 4.78 is 17.9. The topological polar surface area (TPSA) is 61.9 Å². The number of carbonyl (C=O) groups excluding carboxylic acids is 2. The number of piperidine rings is 1. The van der Waals surface area contributed by atoms with Crippen molar-refractivity contribution in [2.24, 2.45) is 5.92 Å². The summed E-state index contributed by atoms with van der Waals surface area (Å²) in [5.74, 6) is -0.124. The van der Waals surface area contributed by atoms with Crippen LogP contribution in [0.15, 0.2) is 24.3 Å². The highest BCUT2D eigenvalue weighted by atomic mass is 19.1. The van der Waals surface area contributed by atoms with Crippen LogP contribution < -0.4 is 5.32 Å². The summed E-state index contributed by atoms with van der Waals surface area (Å²) in [6, 6.07) is 6.18. The molecule has 0 atom stereocenters. The molecule has 1 aromatic rings. The maximum Gasteiger partial charge on any atom is 0.236 e. The summed E-state index contributed by atoms with van der Waals surface area (Å²) in [5.41, 5.74) is 0.899. The van der Waals surface area contributed by atoms with Crippen molar-refractivity contribution in [2.45, 2.75) is 25.8 Å². The van der Waals surface area contributed by atoms with Crippen molar-refractivity contribution in [3.05, 3.63) is 35.6 Å². The zero-order valence-electron chi connectivity index (χ0n) is 16.2. The molecular weight excluding hydrogens is 349 g/mol. The molecule has 1 N–H and O–H groups in total. The number of ether oxygens (including phenoxy) is 1. The molecule has 1 aromatic carbocycles. The van der Waals surface area contributed by atoms with Gasteiger partial charge in [0.15, 0.2) is 0 Å². The van der Waals surface area contributed by atoms with E-state index in [2.05, 4.69) is 10.2 Å². The molecule has 0 bridgehead atoms. The van der Waals surface area contributed by atoms with E-state index < -0.39 is 0 Å². The fraction of sp³-hybridized carbons (Fsp3) is 0.600. The molecule has 1 aliphatic heterocycles. The number of hydrogen-bond donors (Lipinski definition) is 1. The second kappa shape index (κ2) is 11.0. The molecule has 7 heteroatoms. The van der Waals surface area contributed by atoms with Crippen molar-refractivity contribution in [2.75, 3.05) is 46.9 Å². The zero-order valence-corrected chi connectivity index (χ0v) is 16.2. The maximum absolute atomic E-state index is 13.0. The zero-order chi connectivity index (χ0) is 19.6. The van der Waals surface area contributed by atoms with Gasteiger partial charge >= 0.3 is 0 Å². The lowest BCUT2D eigenvalue weighted by molar-refractivity contribution is -0.132. The average Bonchev–Trinajstić information content (AvgIpc) is 2.67. The van der Waals surface area contributed by atoms with Gasteiger partial charge in [0.1, 0.15) is 5.82 Å². The van der Waals surface area contributed by atoms with E-state index in [0.29, 0.717) is 26.2 Å². The average molecular weight is 379 g/mol. The van der Waals surface area contributed by atoms with E-state index in [1.54, 1.807) is 31.2 Å². The van der Waals surface area contributed by atoms with Crippen molar-refractivity contribution < 1.29 is 18.7 Å². The Kier molecular flexibility index (Phi) is 8.67. The summed E-state index contributed by atoms with van der Waals surface area (Å²) in [5, 5.41) is 2.95. The lowest BCUT2D eigenvalue weighted by Crippen LogP contribution is -2.44. The minimum Gasteiger partial charge on any atom is -0.385 e. The third-order valence-electron chi connectivity index (χ3n) is 4.90. The van der Waals surface area contributed by atoms with Gasteiger partial charge in [-0.05, 0) is 50.0 Å². The summed E-state index contributed by atoms with van der Waals surface area (Å²) in [6.07, 6.45) is 2.35. The third-order valence-corrected chi connectivity index (χ3v) is 4.90. The van der Waals surface area contributed by atoms with Crippen LogP contribution >= 0.6 is 0 Å². The van der Waals surface area contributed by atoms with E-state index >= 15 is 0 Å². The molecule has 6 nitrogen and oxygen atoms in total. The molecule has 2 amide bonds. The highest BCUT2D eigenvalue weighted by molar-refractivity contribution is 5.79. The van der Waals surface area contributed by atoms with Gasteiger partial charge in [-0.15, -0.1) is 0 Å². The van der Waals surface area contributed by atoms with Gasteiger partial charge < -0.3 is 15.0 Å². The third kappa shape index (κ3) is 7.27. The number of halogens is 1. The lowest BCUT2D eigenvalue weighted by Gasteiger charge is -2.32. The predicted molar refractivity (Wildman–Crippen MR) is 102 cm³/mol. The van der Waals surface area contributed by atoms with Crippen molar-refractivity contribution in [3.63, 3.8) is 0 Å². The highest BCUT2D eigenvalue weighted by Crippen LogP contribution is 2.17. The smallest absolute Gasteiger partial charge is 0.236 e. The van der Waals surface area contributed by atoms with Gasteiger partial charge in [-0.25, -0.2) is 4.39 Å². The van der Waals surface area contributed by atoms with Crippen LogP contribution in [0.4, 0.5) is 4.39 Å². The number of likely N-dealkylation sites (N-methyl/N-ethyl adjacent to an activating group) is 1. The number of amides is 2. The molecule has 1 fully saturated rings. The fourth-order valence-electron chi connectivity index (χ4n) is 3.19. The largest absolute Gasteiger partial charge is 0.385 e. The second-order valence-electron chi connectivity index (χ2n) is 7.06. The molecule has 1 aliphatic rings. The Bertz CT molecular complexity index is 601. The monoisotopic (exact) mass is 379 g/mol. The van der Waals surface area contributed by atoms with E-state index in [4.69, 9.17) is 4.74 Å². The normalized spacial score (nSPS) is 15.5.